The molecular formula is C19H30N2O3. The monoisotopic (exact) mass is 334 g/mol. The minimum absolute atomic E-state index is 0.0115. The number of carbonyl (C=O) groups is 1. The number of piperidine rings is 1. The van der Waals surface area contributed by atoms with E-state index in [-0.39, 0.29) is 18.1 Å². The van der Waals surface area contributed by atoms with E-state index in [2.05, 4.69) is 10.2 Å². The van der Waals surface area contributed by atoms with Crippen LogP contribution in [-0.2, 0) is 22.7 Å². The quantitative estimate of drug-likeness (QED) is 0.764. The number of aliphatic hydroxyl groups is 1. The number of carbonyl (C=O) groups excluding carboxylic acids is 1. The number of hydrogen-bond acceptors (Lipinski definition) is 4. The summed E-state index contributed by atoms with van der Waals surface area (Å²) < 4.78 is 5.20. The molecule has 1 amide bonds. The molecule has 1 fully saturated rings. The number of ether oxygens (including phenoxy) is 1. The van der Waals surface area contributed by atoms with Gasteiger partial charge in [-0.2, -0.15) is 0 Å². The van der Waals surface area contributed by atoms with E-state index in [1.165, 1.54) is 0 Å². The van der Waals surface area contributed by atoms with Crippen molar-refractivity contribution in [3.63, 3.8) is 0 Å². The molecule has 24 heavy (non-hydrogen) atoms. The Morgan fingerprint density at radius 2 is 2.12 bits per heavy atom. The first-order chi connectivity index (χ1) is 11.7. The maximum atomic E-state index is 12.3. The summed E-state index contributed by atoms with van der Waals surface area (Å²) in [5.74, 6) is 0.0115. The van der Waals surface area contributed by atoms with Gasteiger partial charge in [-0.05, 0) is 36.9 Å². The van der Waals surface area contributed by atoms with E-state index in [4.69, 9.17) is 4.74 Å². The Morgan fingerprint density at radius 3 is 2.83 bits per heavy atom. The van der Waals surface area contributed by atoms with Crippen LogP contribution in [-0.4, -0.2) is 48.3 Å². The second-order valence-corrected chi connectivity index (χ2v) is 6.49. The average Bonchev–Trinajstić information content (AvgIpc) is 2.61. The van der Waals surface area contributed by atoms with Gasteiger partial charge in [0.15, 0.2) is 0 Å². The standard InChI is InChI=1S/C19H30N2O3/c1-3-18(22)17-10-6-7-11-21(17)13-19(23)20-12-15-8-4-5-9-16(15)14-24-2/h4-5,8-9,17-18,22H,3,6-7,10-14H2,1-2H3,(H,20,23). The largest absolute Gasteiger partial charge is 0.392 e. The summed E-state index contributed by atoms with van der Waals surface area (Å²) in [6.45, 7) is 4.28. The Labute approximate surface area is 145 Å². The molecule has 2 unspecified atom stereocenters. The first-order valence-electron chi connectivity index (χ1n) is 8.90. The Bertz CT molecular complexity index is 521. The molecule has 0 radical (unpaired) electrons. The van der Waals surface area contributed by atoms with Crippen LogP contribution in [0.5, 0.6) is 0 Å². The molecule has 1 aromatic rings. The molecule has 0 spiro atoms. The molecule has 134 valence electrons. The lowest BCUT2D eigenvalue weighted by Gasteiger charge is -2.37. The lowest BCUT2D eigenvalue weighted by atomic mass is 9.96. The topological polar surface area (TPSA) is 61.8 Å². The van der Waals surface area contributed by atoms with Crippen molar-refractivity contribution >= 4 is 5.91 Å². The number of hydrogen-bond donors (Lipinski definition) is 2. The van der Waals surface area contributed by atoms with Crippen LogP contribution in [0, 0.1) is 0 Å². The van der Waals surface area contributed by atoms with Gasteiger partial charge in [-0.25, -0.2) is 0 Å². The lowest BCUT2D eigenvalue weighted by Crippen LogP contribution is -2.50. The highest BCUT2D eigenvalue weighted by atomic mass is 16.5. The van der Waals surface area contributed by atoms with Crippen molar-refractivity contribution in [2.24, 2.45) is 0 Å². The summed E-state index contributed by atoms with van der Waals surface area (Å²) in [5, 5.41) is 13.2. The van der Waals surface area contributed by atoms with Crippen molar-refractivity contribution in [1.82, 2.24) is 10.2 Å². The Morgan fingerprint density at radius 1 is 1.38 bits per heavy atom. The Hall–Kier alpha value is -1.43. The molecule has 1 aliphatic heterocycles. The minimum atomic E-state index is -0.347. The van der Waals surface area contributed by atoms with Crippen LogP contribution in [0.2, 0.25) is 0 Å². The van der Waals surface area contributed by atoms with Gasteiger partial charge in [-0.1, -0.05) is 37.6 Å². The average molecular weight is 334 g/mol. The van der Waals surface area contributed by atoms with Gasteiger partial charge in [0.2, 0.25) is 5.91 Å². The number of rotatable bonds is 8. The summed E-state index contributed by atoms with van der Waals surface area (Å²) >= 11 is 0. The number of methoxy groups -OCH3 is 1. The van der Waals surface area contributed by atoms with E-state index in [9.17, 15) is 9.90 Å². The molecule has 0 bridgehead atoms. The van der Waals surface area contributed by atoms with Gasteiger partial charge in [0.05, 0.1) is 19.3 Å². The van der Waals surface area contributed by atoms with Crippen LogP contribution in [0.15, 0.2) is 24.3 Å². The predicted octanol–water partition coefficient (Wildman–Crippen LogP) is 2.07. The van der Waals surface area contributed by atoms with Crippen molar-refractivity contribution in [3.05, 3.63) is 35.4 Å². The van der Waals surface area contributed by atoms with Gasteiger partial charge in [-0.3, -0.25) is 9.69 Å². The van der Waals surface area contributed by atoms with Crippen LogP contribution in [0.4, 0.5) is 0 Å². The van der Waals surface area contributed by atoms with Crippen LogP contribution in [0.25, 0.3) is 0 Å². The zero-order chi connectivity index (χ0) is 17.4. The van der Waals surface area contributed by atoms with Gasteiger partial charge >= 0.3 is 0 Å². The molecule has 1 heterocycles. The molecular weight excluding hydrogens is 304 g/mol. The first-order valence-corrected chi connectivity index (χ1v) is 8.90. The highest BCUT2D eigenvalue weighted by molar-refractivity contribution is 5.78. The van der Waals surface area contributed by atoms with E-state index in [1.54, 1.807) is 7.11 Å². The van der Waals surface area contributed by atoms with Crippen LogP contribution >= 0.6 is 0 Å². The number of amides is 1. The fourth-order valence-electron chi connectivity index (χ4n) is 3.38. The summed E-state index contributed by atoms with van der Waals surface area (Å²) in [7, 11) is 1.67. The van der Waals surface area contributed by atoms with E-state index < -0.39 is 0 Å². The number of aliphatic hydroxyl groups excluding tert-OH is 1. The van der Waals surface area contributed by atoms with E-state index in [1.807, 2.05) is 31.2 Å². The van der Waals surface area contributed by atoms with Crippen molar-refractivity contribution in [1.29, 1.82) is 0 Å². The molecule has 2 atom stereocenters. The first kappa shape index (κ1) is 18.9. The summed E-state index contributed by atoms with van der Waals surface area (Å²) in [4.78, 5) is 14.5. The summed E-state index contributed by atoms with van der Waals surface area (Å²) in [6, 6.07) is 8.08. The molecule has 0 saturated carbocycles. The number of benzene rings is 1. The molecule has 1 aliphatic rings. The fourth-order valence-corrected chi connectivity index (χ4v) is 3.38. The maximum absolute atomic E-state index is 12.3. The van der Waals surface area contributed by atoms with Crippen molar-refractivity contribution in [3.8, 4) is 0 Å². The molecule has 5 heteroatoms. The molecule has 1 saturated heterocycles. The summed E-state index contributed by atoms with van der Waals surface area (Å²) in [6.07, 6.45) is 3.58. The van der Waals surface area contributed by atoms with E-state index in [0.29, 0.717) is 19.7 Å². The summed E-state index contributed by atoms with van der Waals surface area (Å²) in [5.41, 5.74) is 2.18. The third kappa shape index (κ3) is 5.30. The van der Waals surface area contributed by atoms with Gasteiger partial charge in [0.1, 0.15) is 0 Å². The second kappa shape index (κ2) is 9.77. The number of likely N-dealkylation sites (tertiary alicyclic amines) is 1. The third-order valence-corrected chi connectivity index (χ3v) is 4.77. The zero-order valence-electron chi connectivity index (χ0n) is 14.8. The van der Waals surface area contributed by atoms with Crippen molar-refractivity contribution in [2.45, 2.75) is 57.9 Å². The van der Waals surface area contributed by atoms with Crippen molar-refractivity contribution in [2.75, 3.05) is 20.2 Å². The van der Waals surface area contributed by atoms with E-state index in [0.717, 1.165) is 43.4 Å². The SMILES string of the molecule is CCC(O)C1CCCCN1CC(=O)NCc1ccccc1COC. The molecule has 1 aromatic carbocycles. The fraction of sp³-hybridized carbons (Fsp3) is 0.632. The van der Waals surface area contributed by atoms with Crippen LogP contribution in [0.1, 0.15) is 43.7 Å². The third-order valence-electron chi connectivity index (χ3n) is 4.77. The van der Waals surface area contributed by atoms with Gasteiger partial charge in [0.25, 0.3) is 0 Å². The minimum Gasteiger partial charge on any atom is -0.392 e. The molecule has 0 aliphatic carbocycles. The maximum Gasteiger partial charge on any atom is 0.234 e. The zero-order valence-corrected chi connectivity index (χ0v) is 14.8. The normalized spacial score (nSPS) is 19.9. The Kier molecular flexibility index (Phi) is 7.69. The molecule has 2 rings (SSSR count). The molecule has 2 N–H and O–H groups in total. The Balaban J connectivity index is 1.88. The van der Waals surface area contributed by atoms with Crippen LogP contribution < -0.4 is 5.32 Å². The van der Waals surface area contributed by atoms with E-state index >= 15 is 0 Å². The highest BCUT2D eigenvalue weighted by Crippen LogP contribution is 2.21. The molecule has 0 aromatic heterocycles. The van der Waals surface area contributed by atoms with Gasteiger partial charge < -0.3 is 15.2 Å². The van der Waals surface area contributed by atoms with Gasteiger partial charge in [-0.15, -0.1) is 0 Å². The van der Waals surface area contributed by atoms with Crippen LogP contribution in [0.3, 0.4) is 0 Å². The molecule has 5 nitrogen and oxygen atoms in total. The van der Waals surface area contributed by atoms with Gasteiger partial charge in [0, 0.05) is 19.7 Å². The number of nitrogens with one attached hydrogen (secondary N) is 1. The number of nitrogens with zero attached hydrogens (tertiary/aromatic N) is 1. The van der Waals surface area contributed by atoms with Crippen molar-refractivity contribution < 1.29 is 14.6 Å². The second-order valence-electron chi connectivity index (χ2n) is 6.49. The lowest BCUT2D eigenvalue weighted by molar-refractivity contribution is -0.124. The highest BCUT2D eigenvalue weighted by Gasteiger charge is 2.28. The predicted molar refractivity (Wildman–Crippen MR) is 94.5 cm³/mol. The smallest absolute Gasteiger partial charge is 0.234 e.